The van der Waals surface area contributed by atoms with Gasteiger partial charge in [-0.2, -0.15) is 0 Å². The zero-order chi connectivity index (χ0) is 21.2. The van der Waals surface area contributed by atoms with Gasteiger partial charge in [0.2, 0.25) is 5.91 Å². The average molecular weight is 402 g/mol. The molecule has 0 bridgehead atoms. The molecule has 0 aliphatic carbocycles. The highest BCUT2D eigenvalue weighted by atomic mass is 16.2. The third kappa shape index (κ3) is 6.49. The van der Waals surface area contributed by atoms with E-state index in [0.717, 1.165) is 0 Å². The molecule has 0 aliphatic heterocycles. The molecule has 3 aromatic rings. The highest BCUT2D eigenvalue weighted by molar-refractivity contribution is 6.00. The molecule has 0 heterocycles. The molecule has 7 heteroatoms. The molecule has 0 unspecified atom stereocenters. The largest absolute Gasteiger partial charge is 0.352 e. The molecule has 0 spiro atoms. The minimum Gasteiger partial charge on any atom is -0.352 e. The lowest BCUT2D eigenvalue weighted by Gasteiger charge is -2.10. The minimum absolute atomic E-state index is 0.130. The van der Waals surface area contributed by atoms with Crippen LogP contribution < -0.4 is 21.3 Å². The van der Waals surface area contributed by atoms with E-state index in [-0.39, 0.29) is 30.8 Å². The standard InChI is InChI=1S/C23H22N4O3/c28-21(14-15-24-22(29)17-8-3-1-4-9-17)25-19-12-7-13-20(16-19)27-23(30)26-18-10-5-2-6-11-18/h1-13,16H,14-15H2,(H,24,29)(H,25,28)(H2,26,27,30). The molecule has 0 aliphatic rings. The molecule has 0 saturated heterocycles. The molecule has 0 radical (unpaired) electrons. The van der Waals surface area contributed by atoms with Crippen LogP contribution in [0, 0.1) is 0 Å². The van der Waals surface area contributed by atoms with E-state index in [0.29, 0.717) is 22.6 Å². The summed E-state index contributed by atoms with van der Waals surface area (Å²) in [4.78, 5) is 36.2. The summed E-state index contributed by atoms with van der Waals surface area (Å²) in [7, 11) is 0. The quantitative estimate of drug-likeness (QED) is 0.479. The number of benzene rings is 3. The normalized spacial score (nSPS) is 10.0. The van der Waals surface area contributed by atoms with Gasteiger partial charge in [0.25, 0.3) is 5.91 Å². The molecule has 3 aromatic carbocycles. The number of rotatable bonds is 7. The van der Waals surface area contributed by atoms with Crippen LogP contribution in [-0.4, -0.2) is 24.4 Å². The van der Waals surface area contributed by atoms with Gasteiger partial charge in [0.05, 0.1) is 0 Å². The molecular weight excluding hydrogens is 380 g/mol. The maximum absolute atomic E-state index is 12.1. The molecule has 4 N–H and O–H groups in total. The fourth-order valence-corrected chi connectivity index (χ4v) is 2.69. The first kappa shape index (κ1) is 20.6. The van der Waals surface area contributed by atoms with Crippen molar-refractivity contribution in [2.24, 2.45) is 0 Å². The predicted octanol–water partition coefficient (Wildman–Crippen LogP) is 4.09. The van der Waals surface area contributed by atoms with Crippen LogP contribution in [0.3, 0.4) is 0 Å². The van der Waals surface area contributed by atoms with Crippen LogP contribution in [-0.2, 0) is 4.79 Å². The van der Waals surface area contributed by atoms with Crippen molar-refractivity contribution in [2.75, 3.05) is 22.5 Å². The Kier molecular flexibility index (Phi) is 7.16. The Morgan fingerprint density at radius 2 is 1.20 bits per heavy atom. The van der Waals surface area contributed by atoms with Crippen LogP contribution in [0.25, 0.3) is 0 Å². The highest BCUT2D eigenvalue weighted by Crippen LogP contribution is 2.16. The second-order valence-electron chi connectivity index (χ2n) is 6.45. The summed E-state index contributed by atoms with van der Waals surface area (Å²) in [6.07, 6.45) is 0.130. The van der Waals surface area contributed by atoms with Crippen molar-refractivity contribution in [3.8, 4) is 0 Å². The van der Waals surface area contributed by atoms with Crippen LogP contribution in [0.5, 0.6) is 0 Å². The average Bonchev–Trinajstić information content (AvgIpc) is 2.75. The molecular formula is C23H22N4O3. The zero-order valence-electron chi connectivity index (χ0n) is 16.2. The zero-order valence-corrected chi connectivity index (χ0v) is 16.2. The Labute approximate surface area is 174 Å². The summed E-state index contributed by atoms with van der Waals surface area (Å²) in [6.45, 7) is 0.219. The lowest BCUT2D eigenvalue weighted by molar-refractivity contribution is -0.116. The van der Waals surface area contributed by atoms with Crippen LogP contribution in [0.1, 0.15) is 16.8 Å². The Hall–Kier alpha value is -4.13. The Morgan fingerprint density at radius 1 is 0.633 bits per heavy atom. The lowest BCUT2D eigenvalue weighted by Crippen LogP contribution is -2.27. The Balaban J connectivity index is 1.45. The number of nitrogens with one attached hydrogen (secondary N) is 4. The number of carbonyl (C=O) groups is 3. The van der Waals surface area contributed by atoms with Gasteiger partial charge in [-0.3, -0.25) is 9.59 Å². The number of anilines is 3. The summed E-state index contributed by atoms with van der Waals surface area (Å²) in [6, 6.07) is 24.3. The monoisotopic (exact) mass is 402 g/mol. The van der Waals surface area contributed by atoms with Gasteiger partial charge in [-0.1, -0.05) is 42.5 Å². The maximum atomic E-state index is 12.1. The minimum atomic E-state index is -0.381. The smallest absolute Gasteiger partial charge is 0.323 e. The van der Waals surface area contributed by atoms with Crippen molar-refractivity contribution in [3.05, 3.63) is 90.5 Å². The lowest BCUT2D eigenvalue weighted by atomic mass is 10.2. The third-order valence-corrected chi connectivity index (χ3v) is 4.11. The van der Waals surface area contributed by atoms with Crippen molar-refractivity contribution < 1.29 is 14.4 Å². The van der Waals surface area contributed by atoms with Gasteiger partial charge >= 0.3 is 6.03 Å². The number of hydrogen-bond acceptors (Lipinski definition) is 3. The summed E-state index contributed by atoms with van der Waals surface area (Å²) < 4.78 is 0. The molecule has 0 aromatic heterocycles. The highest BCUT2D eigenvalue weighted by Gasteiger charge is 2.08. The van der Waals surface area contributed by atoms with Crippen LogP contribution in [0.15, 0.2) is 84.9 Å². The summed E-state index contributed by atoms with van der Waals surface area (Å²) >= 11 is 0. The summed E-state index contributed by atoms with van der Waals surface area (Å²) in [5.41, 5.74) is 2.31. The first-order chi connectivity index (χ1) is 14.6. The second-order valence-corrected chi connectivity index (χ2v) is 6.45. The maximum Gasteiger partial charge on any atom is 0.323 e. The van der Waals surface area contributed by atoms with Gasteiger partial charge in [-0.15, -0.1) is 0 Å². The molecule has 7 nitrogen and oxygen atoms in total. The van der Waals surface area contributed by atoms with E-state index in [1.807, 2.05) is 24.3 Å². The predicted molar refractivity (Wildman–Crippen MR) is 118 cm³/mol. The molecule has 0 fully saturated rings. The van der Waals surface area contributed by atoms with Gasteiger partial charge < -0.3 is 21.3 Å². The molecule has 0 saturated carbocycles. The van der Waals surface area contributed by atoms with Crippen molar-refractivity contribution >= 4 is 34.9 Å². The van der Waals surface area contributed by atoms with Crippen molar-refractivity contribution in [3.63, 3.8) is 0 Å². The SMILES string of the molecule is O=C(CCNC(=O)c1ccccc1)Nc1cccc(NC(=O)Nc2ccccc2)c1. The Morgan fingerprint density at radius 3 is 1.90 bits per heavy atom. The third-order valence-electron chi connectivity index (χ3n) is 4.11. The van der Waals surface area contributed by atoms with E-state index in [2.05, 4.69) is 21.3 Å². The second kappa shape index (κ2) is 10.4. The molecule has 30 heavy (non-hydrogen) atoms. The van der Waals surface area contributed by atoms with E-state index >= 15 is 0 Å². The number of urea groups is 1. The molecule has 0 atom stereocenters. The van der Waals surface area contributed by atoms with E-state index in [1.54, 1.807) is 60.7 Å². The van der Waals surface area contributed by atoms with Gasteiger partial charge in [0, 0.05) is 35.6 Å². The summed E-state index contributed by atoms with van der Waals surface area (Å²) in [5, 5.41) is 10.9. The number of hydrogen-bond donors (Lipinski definition) is 4. The van der Waals surface area contributed by atoms with Crippen molar-refractivity contribution in [1.29, 1.82) is 0 Å². The number of amides is 4. The topological polar surface area (TPSA) is 99.3 Å². The van der Waals surface area contributed by atoms with Crippen LogP contribution in [0.2, 0.25) is 0 Å². The summed E-state index contributed by atoms with van der Waals surface area (Å²) in [5.74, 6) is -0.465. The number of carbonyl (C=O) groups excluding carboxylic acids is 3. The van der Waals surface area contributed by atoms with E-state index < -0.39 is 0 Å². The van der Waals surface area contributed by atoms with Crippen molar-refractivity contribution in [2.45, 2.75) is 6.42 Å². The van der Waals surface area contributed by atoms with Gasteiger partial charge in [-0.25, -0.2) is 4.79 Å². The van der Waals surface area contributed by atoms with E-state index in [4.69, 9.17) is 0 Å². The fourth-order valence-electron chi connectivity index (χ4n) is 2.69. The molecule has 3 rings (SSSR count). The fraction of sp³-hybridized carbons (Fsp3) is 0.0870. The van der Waals surface area contributed by atoms with Gasteiger partial charge in [0.15, 0.2) is 0 Å². The van der Waals surface area contributed by atoms with Gasteiger partial charge in [0.1, 0.15) is 0 Å². The molecule has 152 valence electrons. The van der Waals surface area contributed by atoms with Crippen LogP contribution >= 0.6 is 0 Å². The van der Waals surface area contributed by atoms with E-state index in [1.165, 1.54) is 0 Å². The van der Waals surface area contributed by atoms with Crippen molar-refractivity contribution in [1.82, 2.24) is 5.32 Å². The first-order valence-corrected chi connectivity index (χ1v) is 9.46. The van der Waals surface area contributed by atoms with Gasteiger partial charge in [-0.05, 0) is 42.5 Å². The first-order valence-electron chi connectivity index (χ1n) is 9.46. The number of para-hydroxylation sites is 1. The van der Waals surface area contributed by atoms with E-state index in [9.17, 15) is 14.4 Å². The molecule has 4 amide bonds. The Bertz CT molecular complexity index is 1010. The van der Waals surface area contributed by atoms with Crippen LogP contribution in [0.4, 0.5) is 21.9 Å².